The van der Waals surface area contributed by atoms with Crippen LogP contribution in [-0.4, -0.2) is 23.0 Å². The molecule has 0 aromatic heterocycles. The first-order valence-electron chi connectivity index (χ1n) is 4.29. The molecule has 0 heterocycles. The van der Waals surface area contributed by atoms with Crippen molar-refractivity contribution in [3.8, 4) is 0 Å². The zero-order chi connectivity index (χ0) is 10.7. The third-order valence-corrected chi connectivity index (χ3v) is 2.10. The fourth-order valence-electron chi connectivity index (χ4n) is 1.06. The summed E-state index contributed by atoms with van der Waals surface area (Å²) in [5, 5.41) is 9.71. The SMILES string of the molecule is CC(=O)N(C)C(O)c1ccc(N)cc1. The predicted molar refractivity (Wildman–Crippen MR) is 54.3 cm³/mol. The van der Waals surface area contributed by atoms with Gasteiger partial charge in [-0.1, -0.05) is 12.1 Å². The van der Waals surface area contributed by atoms with Crippen molar-refractivity contribution in [2.24, 2.45) is 0 Å². The lowest BCUT2D eigenvalue weighted by Crippen LogP contribution is -2.28. The summed E-state index contributed by atoms with van der Waals surface area (Å²) in [6, 6.07) is 6.76. The van der Waals surface area contributed by atoms with Crippen LogP contribution >= 0.6 is 0 Å². The predicted octanol–water partition coefficient (Wildman–Crippen LogP) is 0.738. The topological polar surface area (TPSA) is 66.6 Å². The Bertz CT molecular complexity index is 321. The number of carbonyl (C=O) groups excluding carboxylic acids is 1. The second-order valence-electron chi connectivity index (χ2n) is 3.17. The Morgan fingerprint density at radius 3 is 2.36 bits per heavy atom. The fourth-order valence-corrected chi connectivity index (χ4v) is 1.06. The number of carbonyl (C=O) groups is 1. The second kappa shape index (κ2) is 4.11. The van der Waals surface area contributed by atoms with Gasteiger partial charge in [0.2, 0.25) is 5.91 Å². The van der Waals surface area contributed by atoms with Crippen molar-refractivity contribution in [1.29, 1.82) is 0 Å². The molecule has 1 aromatic rings. The lowest BCUT2D eigenvalue weighted by molar-refractivity contribution is -0.136. The third-order valence-electron chi connectivity index (χ3n) is 2.10. The largest absolute Gasteiger partial charge is 0.399 e. The second-order valence-corrected chi connectivity index (χ2v) is 3.17. The molecule has 1 atom stereocenters. The van der Waals surface area contributed by atoms with Gasteiger partial charge in [-0.3, -0.25) is 4.79 Å². The molecule has 0 aliphatic carbocycles. The summed E-state index contributed by atoms with van der Waals surface area (Å²) in [5.74, 6) is -0.186. The number of nitrogen functional groups attached to an aromatic ring is 1. The number of rotatable bonds is 2. The number of hydrogen-bond donors (Lipinski definition) is 2. The summed E-state index contributed by atoms with van der Waals surface area (Å²) in [5.41, 5.74) is 6.78. The minimum absolute atomic E-state index is 0.186. The molecule has 1 unspecified atom stereocenters. The number of amides is 1. The number of nitrogens with two attached hydrogens (primary N) is 1. The summed E-state index contributed by atoms with van der Waals surface area (Å²) in [6.45, 7) is 1.40. The van der Waals surface area contributed by atoms with E-state index < -0.39 is 6.23 Å². The summed E-state index contributed by atoms with van der Waals surface area (Å²) in [7, 11) is 1.54. The Labute approximate surface area is 82.9 Å². The monoisotopic (exact) mass is 194 g/mol. The first-order valence-corrected chi connectivity index (χ1v) is 4.29. The highest BCUT2D eigenvalue weighted by atomic mass is 16.3. The minimum atomic E-state index is -0.909. The molecule has 1 rings (SSSR count). The molecule has 0 radical (unpaired) electrons. The van der Waals surface area contributed by atoms with Crippen LogP contribution in [0.1, 0.15) is 18.7 Å². The molecule has 0 spiro atoms. The number of anilines is 1. The van der Waals surface area contributed by atoms with Gasteiger partial charge in [0.25, 0.3) is 0 Å². The smallest absolute Gasteiger partial charge is 0.221 e. The van der Waals surface area contributed by atoms with Crippen LogP contribution in [0, 0.1) is 0 Å². The maximum absolute atomic E-state index is 11.0. The van der Waals surface area contributed by atoms with E-state index in [-0.39, 0.29) is 5.91 Å². The highest BCUT2D eigenvalue weighted by Crippen LogP contribution is 2.17. The van der Waals surface area contributed by atoms with Crippen molar-refractivity contribution in [2.75, 3.05) is 12.8 Å². The molecular weight excluding hydrogens is 180 g/mol. The number of aliphatic hydroxyl groups is 1. The van der Waals surface area contributed by atoms with Crippen molar-refractivity contribution in [2.45, 2.75) is 13.2 Å². The Kier molecular flexibility index (Phi) is 3.09. The summed E-state index contributed by atoms with van der Waals surface area (Å²) in [4.78, 5) is 12.2. The average Bonchev–Trinajstić information content (AvgIpc) is 2.16. The molecule has 1 amide bonds. The molecule has 4 nitrogen and oxygen atoms in total. The summed E-state index contributed by atoms with van der Waals surface area (Å²) >= 11 is 0. The molecule has 1 aromatic carbocycles. The lowest BCUT2D eigenvalue weighted by atomic mass is 10.1. The van der Waals surface area contributed by atoms with Crippen LogP contribution in [0.5, 0.6) is 0 Å². The van der Waals surface area contributed by atoms with Crippen molar-refractivity contribution in [3.05, 3.63) is 29.8 Å². The van der Waals surface area contributed by atoms with E-state index in [1.807, 2.05) is 0 Å². The van der Waals surface area contributed by atoms with Gasteiger partial charge in [-0.15, -0.1) is 0 Å². The molecule has 0 aliphatic heterocycles. The first kappa shape index (κ1) is 10.5. The van der Waals surface area contributed by atoms with Gasteiger partial charge in [0.15, 0.2) is 6.23 Å². The van der Waals surface area contributed by atoms with Gasteiger partial charge in [-0.2, -0.15) is 0 Å². The zero-order valence-corrected chi connectivity index (χ0v) is 8.27. The quantitative estimate of drug-likeness (QED) is 0.539. The van der Waals surface area contributed by atoms with E-state index in [1.165, 1.54) is 11.8 Å². The Balaban J connectivity index is 2.84. The summed E-state index contributed by atoms with van der Waals surface area (Å²) < 4.78 is 0. The van der Waals surface area contributed by atoms with E-state index in [2.05, 4.69) is 0 Å². The molecule has 0 saturated heterocycles. The van der Waals surface area contributed by atoms with Crippen LogP contribution < -0.4 is 5.73 Å². The van der Waals surface area contributed by atoms with E-state index in [0.29, 0.717) is 11.3 Å². The highest BCUT2D eigenvalue weighted by Gasteiger charge is 2.15. The summed E-state index contributed by atoms with van der Waals surface area (Å²) in [6.07, 6.45) is -0.909. The average molecular weight is 194 g/mol. The van der Waals surface area contributed by atoms with E-state index in [0.717, 1.165) is 0 Å². The van der Waals surface area contributed by atoms with Crippen LogP contribution in [0.2, 0.25) is 0 Å². The third kappa shape index (κ3) is 2.23. The van der Waals surface area contributed by atoms with Gasteiger partial charge >= 0.3 is 0 Å². The van der Waals surface area contributed by atoms with Crippen molar-refractivity contribution in [3.63, 3.8) is 0 Å². The van der Waals surface area contributed by atoms with E-state index in [1.54, 1.807) is 31.3 Å². The first-order chi connectivity index (χ1) is 6.52. The molecule has 3 N–H and O–H groups in total. The fraction of sp³-hybridized carbons (Fsp3) is 0.300. The molecule has 14 heavy (non-hydrogen) atoms. The van der Waals surface area contributed by atoms with Crippen molar-refractivity contribution in [1.82, 2.24) is 4.90 Å². The lowest BCUT2D eigenvalue weighted by Gasteiger charge is -2.22. The maximum atomic E-state index is 11.0. The maximum Gasteiger partial charge on any atom is 0.221 e. The van der Waals surface area contributed by atoms with Gasteiger partial charge in [-0.25, -0.2) is 0 Å². The van der Waals surface area contributed by atoms with Gasteiger partial charge in [0.05, 0.1) is 0 Å². The number of benzene rings is 1. The van der Waals surface area contributed by atoms with Crippen LogP contribution in [0.3, 0.4) is 0 Å². The van der Waals surface area contributed by atoms with E-state index in [4.69, 9.17) is 5.73 Å². The zero-order valence-electron chi connectivity index (χ0n) is 8.27. The van der Waals surface area contributed by atoms with Gasteiger partial charge in [-0.05, 0) is 12.1 Å². The van der Waals surface area contributed by atoms with Gasteiger partial charge < -0.3 is 15.7 Å². The minimum Gasteiger partial charge on any atom is -0.399 e. The molecule has 76 valence electrons. The Morgan fingerprint density at radius 1 is 1.43 bits per heavy atom. The standard InChI is InChI=1S/C10H14N2O2/c1-7(13)12(2)10(14)8-3-5-9(11)6-4-8/h3-6,10,14H,11H2,1-2H3. The number of nitrogens with zero attached hydrogens (tertiary/aromatic N) is 1. The van der Waals surface area contributed by atoms with Crippen LogP contribution in [0.15, 0.2) is 24.3 Å². The molecule has 4 heteroatoms. The Morgan fingerprint density at radius 2 is 1.93 bits per heavy atom. The molecule has 0 fully saturated rings. The number of aliphatic hydroxyl groups excluding tert-OH is 1. The highest BCUT2D eigenvalue weighted by molar-refractivity contribution is 5.73. The van der Waals surface area contributed by atoms with Crippen LogP contribution in [0.25, 0.3) is 0 Å². The molecule has 0 bridgehead atoms. The van der Waals surface area contributed by atoms with E-state index >= 15 is 0 Å². The number of hydrogen-bond acceptors (Lipinski definition) is 3. The molecule has 0 aliphatic rings. The van der Waals surface area contributed by atoms with Gasteiger partial charge in [0.1, 0.15) is 0 Å². The molecule has 0 saturated carbocycles. The van der Waals surface area contributed by atoms with Crippen LogP contribution in [-0.2, 0) is 4.79 Å². The molecular formula is C10H14N2O2. The van der Waals surface area contributed by atoms with Crippen LogP contribution in [0.4, 0.5) is 5.69 Å². The van der Waals surface area contributed by atoms with Gasteiger partial charge in [0, 0.05) is 25.2 Å². The Hall–Kier alpha value is -1.55. The van der Waals surface area contributed by atoms with E-state index in [9.17, 15) is 9.90 Å². The van der Waals surface area contributed by atoms with Crippen molar-refractivity contribution < 1.29 is 9.90 Å². The normalized spacial score (nSPS) is 12.2. The van der Waals surface area contributed by atoms with Crippen molar-refractivity contribution >= 4 is 11.6 Å².